The first-order valence-corrected chi connectivity index (χ1v) is 8.40. The third-order valence-corrected chi connectivity index (χ3v) is 5.37. The molecule has 118 valence electrons. The van der Waals surface area contributed by atoms with Gasteiger partial charge < -0.3 is 9.88 Å². The maximum atomic E-state index is 12.5. The maximum absolute atomic E-state index is 12.5. The zero-order valence-corrected chi connectivity index (χ0v) is 13.8. The predicted molar refractivity (Wildman–Crippen MR) is 90.8 cm³/mol. The average molecular weight is 298 g/mol. The van der Waals surface area contributed by atoms with Crippen LogP contribution in [0.1, 0.15) is 38.8 Å². The molecular formula is C19H26N2O. The number of para-hydroxylation sites is 1. The fourth-order valence-electron chi connectivity index (χ4n) is 3.74. The standard InChI is InChI=1S/C19H26N2O/c1-13-7-6-9-17(15(13)3)20-19(22)12-21-14(2)11-16-8-4-5-10-18(16)21/h4-5,8,10-11,13,15,17H,6-7,9,12H2,1-3H3,(H,20,22)/t13-,15-,17+/m0/s1. The molecule has 0 bridgehead atoms. The molecule has 3 nitrogen and oxygen atoms in total. The number of hydrogen-bond acceptors (Lipinski definition) is 1. The molecule has 1 amide bonds. The van der Waals surface area contributed by atoms with Gasteiger partial charge in [-0.15, -0.1) is 0 Å². The Kier molecular flexibility index (Phi) is 4.23. The van der Waals surface area contributed by atoms with Gasteiger partial charge in [-0.2, -0.15) is 0 Å². The number of carbonyl (C=O) groups excluding carboxylic acids is 1. The van der Waals surface area contributed by atoms with Gasteiger partial charge in [0.15, 0.2) is 0 Å². The number of carbonyl (C=O) groups is 1. The van der Waals surface area contributed by atoms with E-state index in [0.29, 0.717) is 24.4 Å². The Morgan fingerprint density at radius 1 is 1.27 bits per heavy atom. The van der Waals surface area contributed by atoms with E-state index in [0.717, 1.165) is 17.6 Å². The van der Waals surface area contributed by atoms with Crippen LogP contribution in [-0.4, -0.2) is 16.5 Å². The molecule has 1 aliphatic carbocycles. The van der Waals surface area contributed by atoms with Crippen LogP contribution in [0.3, 0.4) is 0 Å². The lowest BCUT2D eigenvalue weighted by Gasteiger charge is -2.34. The summed E-state index contributed by atoms with van der Waals surface area (Å²) >= 11 is 0. The van der Waals surface area contributed by atoms with Crippen LogP contribution < -0.4 is 5.32 Å². The second kappa shape index (κ2) is 6.15. The molecule has 1 fully saturated rings. The van der Waals surface area contributed by atoms with Crippen LogP contribution in [0, 0.1) is 18.8 Å². The molecule has 22 heavy (non-hydrogen) atoms. The van der Waals surface area contributed by atoms with Crippen molar-refractivity contribution in [2.45, 2.75) is 52.6 Å². The largest absolute Gasteiger partial charge is 0.352 e. The van der Waals surface area contributed by atoms with E-state index in [1.165, 1.54) is 18.2 Å². The number of aromatic nitrogens is 1. The zero-order valence-electron chi connectivity index (χ0n) is 13.8. The van der Waals surface area contributed by atoms with Crippen LogP contribution in [0.25, 0.3) is 10.9 Å². The Morgan fingerprint density at radius 2 is 2.05 bits per heavy atom. The summed E-state index contributed by atoms with van der Waals surface area (Å²) in [5, 5.41) is 4.47. The van der Waals surface area contributed by atoms with Crippen molar-refractivity contribution in [3.8, 4) is 0 Å². The van der Waals surface area contributed by atoms with Crippen LogP contribution >= 0.6 is 0 Å². The lowest BCUT2D eigenvalue weighted by atomic mass is 9.78. The molecule has 1 aromatic carbocycles. The van der Waals surface area contributed by atoms with E-state index in [1.807, 2.05) is 12.1 Å². The molecule has 0 spiro atoms. The van der Waals surface area contributed by atoms with Crippen molar-refractivity contribution < 1.29 is 4.79 Å². The molecule has 1 heterocycles. The summed E-state index contributed by atoms with van der Waals surface area (Å²) in [6.45, 7) is 7.05. The molecule has 1 N–H and O–H groups in total. The third-order valence-electron chi connectivity index (χ3n) is 5.37. The van der Waals surface area contributed by atoms with Gasteiger partial charge >= 0.3 is 0 Å². The third kappa shape index (κ3) is 2.90. The topological polar surface area (TPSA) is 34.0 Å². The van der Waals surface area contributed by atoms with Crippen molar-refractivity contribution in [1.29, 1.82) is 0 Å². The van der Waals surface area contributed by atoms with Gasteiger partial charge in [0.1, 0.15) is 6.54 Å². The van der Waals surface area contributed by atoms with Gasteiger partial charge in [0, 0.05) is 17.3 Å². The van der Waals surface area contributed by atoms with Crippen LogP contribution in [-0.2, 0) is 11.3 Å². The minimum atomic E-state index is 0.135. The smallest absolute Gasteiger partial charge is 0.240 e. The van der Waals surface area contributed by atoms with E-state index < -0.39 is 0 Å². The summed E-state index contributed by atoms with van der Waals surface area (Å²) < 4.78 is 2.11. The molecule has 1 aliphatic rings. The first-order chi connectivity index (χ1) is 10.6. The van der Waals surface area contributed by atoms with Gasteiger partial charge in [-0.05, 0) is 42.7 Å². The number of amides is 1. The van der Waals surface area contributed by atoms with Crippen molar-refractivity contribution in [1.82, 2.24) is 9.88 Å². The van der Waals surface area contributed by atoms with Crippen molar-refractivity contribution in [2.24, 2.45) is 11.8 Å². The molecule has 0 aliphatic heterocycles. The Morgan fingerprint density at radius 3 is 2.86 bits per heavy atom. The maximum Gasteiger partial charge on any atom is 0.240 e. The molecule has 2 aromatic rings. The molecular weight excluding hydrogens is 272 g/mol. The van der Waals surface area contributed by atoms with Gasteiger partial charge in [-0.1, -0.05) is 44.9 Å². The lowest BCUT2D eigenvalue weighted by molar-refractivity contribution is -0.123. The number of nitrogens with one attached hydrogen (secondary N) is 1. The van der Waals surface area contributed by atoms with Gasteiger partial charge in [-0.25, -0.2) is 0 Å². The molecule has 1 aromatic heterocycles. The molecule has 1 saturated carbocycles. The van der Waals surface area contributed by atoms with Crippen molar-refractivity contribution in [3.05, 3.63) is 36.0 Å². The number of fused-ring (bicyclic) bond motifs is 1. The normalized spacial score (nSPS) is 25.3. The van der Waals surface area contributed by atoms with E-state index in [4.69, 9.17) is 0 Å². The van der Waals surface area contributed by atoms with Crippen LogP contribution in [0.15, 0.2) is 30.3 Å². The summed E-state index contributed by atoms with van der Waals surface area (Å²) in [6, 6.07) is 10.7. The fraction of sp³-hybridized carbons (Fsp3) is 0.526. The van der Waals surface area contributed by atoms with Gasteiger partial charge in [0.05, 0.1) is 0 Å². The highest BCUT2D eigenvalue weighted by atomic mass is 16.2. The molecule has 3 rings (SSSR count). The first kappa shape index (κ1) is 15.1. The first-order valence-electron chi connectivity index (χ1n) is 8.40. The van der Waals surface area contributed by atoms with E-state index in [1.54, 1.807) is 0 Å². The quantitative estimate of drug-likeness (QED) is 0.916. The molecule has 3 atom stereocenters. The lowest BCUT2D eigenvalue weighted by Crippen LogP contribution is -2.44. The summed E-state index contributed by atoms with van der Waals surface area (Å²) in [6.07, 6.45) is 3.62. The Bertz CT molecular complexity index is 673. The molecule has 3 heteroatoms. The highest BCUT2D eigenvalue weighted by molar-refractivity contribution is 5.84. The Balaban J connectivity index is 1.72. The minimum Gasteiger partial charge on any atom is -0.352 e. The van der Waals surface area contributed by atoms with Crippen molar-refractivity contribution in [2.75, 3.05) is 0 Å². The Hall–Kier alpha value is -1.77. The van der Waals surface area contributed by atoms with Gasteiger partial charge in [-0.3, -0.25) is 4.79 Å². The highest BCUT2D eigenvalue weighted by Crippen LogP contribution is 2.29. The summed E-state index contributed by atoms with van der Waals surface area (Å²) in [5.41, 5.74) is 2.28. The fourth-order valence-corrected chi connectivity index (χ4v) is 3.74. The monoisotopic (exact) mass is 298 g/mol. The molecule has 0 saturated heterocycles. The average Bonchev–Trinajstić information content (AvgIpc) is 2.80. The van der Waals surface area contributed by atoms with Crippen molar-refractivity contribution in [3.63, 3.8) is 0 Å². The summed E-state index contributed by atoms with van der Waals surface area (Å²) in [7, 11) is 0. The number of aryl methyl sites for hydroxylation is 1. The summed E-state index contributed by atoms with van der Waals surface area (Å²) in [5.74, 6) is 1.41. The number of nitrogens with zero attached hydrogens (tertiary/aromatic N) is 1. The van der Waals surface area contributed by atoms with Gasteiger partial charge in [0.25, 0.3) is 0 Å². The van der Waals surface area contributed by atoms with E-state index in [9.17, 15) is 4.79 Å². The molecule has 0 radical (unpaired) electrons. The van der Waals surface area contributed by atoms with Crippen LogP contribution in [0.2, 0.25) is 0 Å². The summed E-state index contributed by atoms with van der Waals surface area (Å²) in [4.78, 5) is 12.5. The van der Waals surface area contributed by atoms with Crippen LogP contribution in [0.4, 0.5) is 0 Å². The van der Waals surface area contributed by atoms with Crippen molar-refractivity contribution >= 4 is 16.8 Å². The van der Waals surface area contributed by atoms with E-state index in [2.05, 4.69) is 48.9 Å². The zero-order chi connectivity index (χ0) is 15.7. The minimum absolute atomic E-state index is 0.135. The number of benzene rings is 1. The van der Waals surface area contributed by atoms with Gasteiger partial charge in [0.2, 0.25) is 5.91 Å². The second-order valence-electron chi connectivity index (χ2n) is 6.87. The predicted octanol–water partition coefficient (Wildman–Crippen LogP) is 3.89. The van der Waals surface area contributed by atoms with Crippen LogP contribution in [0.5, 0.6) is 0 Å². The Labute approximate surface area is 132 Å². The number of rotatable bonds is 3. The number of hydrogen-bond donors (Lipinski definition) is 1. The highest BCUT2D eigenvalue weighted by Gasteiger charge is 2.28. The molecule has 0 unspecified atom stereocenters. The van der Waals surface area contributed by atoms with E-state index in [-0.39, 0.29) is 5.91 Å². The second-order valence-corrected chi connectivity index (χ2v) is 6.87. The SMILES string of the molecule is Cc1cc2ccccc2n1CC(=O)N[C@@H]1CCC[C@H](C)[C@@H]1C. The van der Waals surface area contributed by atoms with E-state index >= 15 is 0 Å².